The molecule has 1 atom stereocenters. The smallest absolute Gasteiger partial charge is 0.408 e. The zero-order chi connectivity index (χ0) is 21.2. The normalized spacial score (nSPS) is 35.1. The molecular formula is C23H33ClN4O2. The molecule has 0 radical (unpaired) electrons. The third-order valence-corrected chi connectivity index (χ3v) is 8.22. The van der Waals surface area contributed by atoms with Crippen LogP contribution in [0.4, 0.5) is 10.6 Å². The fraction of sp³-hybridized carbons (Fsp3) is 0.783. The molecule has 6 nitrogen and oxygen atoms in total. The van der Waals surface area contributed by atoms with Gasteiger partial charge in [-0.1, -0.05) is 0 Å². The average molecular weight is 433 g/mol. The Morgan fingerprint density at radius 2 is 1.77 bits per heavy atom. The van der Waals surface area contributed by atoms with E-state index in [4.69, 9.17) is 16.6 Å². The van der Waals surface area contributed by atoms with Crippen molar-refractivity contribution < 1.29 is 9.90 Å². The standard InChI is InChI=1S/C23H33ClN4O2/c1-23(2,3)28(22(29)30)17-4-5-27(12-17)19-11-18(25-21(24)26-19)20-15-7-13-6-14(9-15)10-16(20)8-13/h11,13-17,20H,4-10,12H2,1-3H3,(H,29,30)/t13?,14?,15?,16?,17-,20?/m1/s1. The Balaban J connectivity index is 1.38. The Hall–Kier alpha value is -1.56. The van der Waals surface area contributed by atoms with Crippen LogP contribution in [0.3, 0.4) is 0 Å². The minimum Gasteiger partial charge on any atom is -0.465 e. The van der Waals surface area contributed by atoms with Gasteiger partial charge >= 0.3 is 6.09 Å². The number of rotatable bonds is 3. The minimum absolute atomic E-state index is 0.0409. The number of halogens is 1. The SMILES string of the molecule is CC(C)(C)N(C(=O)O)[C@@H]1CCN(c2cc(C3C4CC5CC(C4)CC3C5)nc(Cl)n2)C1. The molecule has 5 aliphatic rings. The highest BCUT2D eigenvalue weighted by Crippen LogP contribution is 2.59. The van der Waals surface area contributed by atoms with Gasteiger partial charge in [-0.3, -0.25) is 4.90 Å². The van der Waals surface area contributed by atoms with Gasteiger partial charge in [-0.05, 0) is 94.6 Å². The van der Waals surface area contributed by atoms with E-state index in [0.717, 1.165) is 48.1 Å². The second kappa shape index (κ2) is 7.25. The highest BCUT2D eigenvalue weighted by molar-refractivity contribution is 6.28. The maximum atomic E-state index is 11.9. The first-order chi connectivity index (χ1) is 14.2. The summed E-state index contributed by atoms with van der Waals surface area (Å²) in [6.07, 6.45) is 6.78. The van der Waals surface area contributed by atoms with Gasteiger partial charge in [0.1, 0.15) is 5.82 Å². The van der Waals surface area contributed by atoms with E-state index in [9.17, 15) is 9.90 Å². The number of aromatic nitrogens is 2. The highest BCUT2D eigenvalue weighted by atomic mass is 35.5. The lowest BCUT2D eigenvalue weighted by Gasteiger charge is -2.54. The van der Waals surface area contributed by atoms with Gasteiger partial charge < -0.3 is 10.0 Å². The third kappa shape index (κ3) is 3.55. The number of carbonyl (C=O) groups is 1. The molecule has 1 N–H and O–H groups in total. The van der Waals surface area contributed by atoms with Crippen molar-refractivity contribution in [3.63, 3.8) is 0 Å². The van der Waals surface area contributed by atoms with Gasteiger partial charge in [-0.2, -0.15) is 0 Å². The Labute approximate surface area is 184 Å². The van der Waals surface area contributed by atoms with Crippen molar-refractivity contribution in [2.24, 2.45) is 23.7 Å². The first-order valence-electron chi connectivity index (χ1n) is 11.5. The second-order valence-electron chi connectivity index (χ2n) is 11.1. The molecule has 4 bridgehead atoms. The summed E-state index contributed by atoms with van der Waals surface area (Å²) < 4.78 is 0. The first kappa shape index (κ1) is 20.3. The van der Waals surface area contributed by atoms with Gasteiger partial charge in [-0.25, -0.2) is 14.8 Å². The fourth-order valence-corrected chi connectivity index (χ4v) is 7.50. The van der Waals surface area contributed by atoms with Crippen LogP contribution in [-0.4, -0.2) is 50.7 Å². The number of hydrogen-bond donors (Lipinski definition) is 1. The summed E-state index contributed by atoms with van der Waals surface area (Å²) in [6.45, 7) is 7.30. The van der Waals surface area contributed by atoms with Crippen molar-refractivity contribution in [1.82, 2.24) is 14.9 Å². The largest absolute Gasteiger partial charge is 0.465 e. The molecule has 0 unspecified atom stereocenters. The van der Waals surface area contributed by atoms with Gasteiger partial charge in [-0.15, -0.1) is 0 Å². The molecule has 1 aromatic heterocycles. The van der Waals surface area contributed by atoms with Gasteiger partial charge in [0, 0.05) is 30.6 Å². The highest BCUT2D eigenvalue weighted by Gasteiger charge is 2.49. The van der Waals surface area contributed by atoms with Gasteiger partial charge in [0.15, 0.2) is 0 Å². The summed E-state index contributed by atoms with van der Waals surface area (Å²) in [4.78, 5) is 24.9. The van der Waals surface area contributed by atoms with Crippen molar-refractivity contribution >= 4 is 23.5 Å². The van der Waals surface area contributed by atoms with Crippen LogP contribution in [0.2, 0.25) is 5.28 Å². The van der Waals surface area contributed by atoms with E-state index >= 15 is 0 Å². The summed E-state index contributed by atoms with van der Waals surface area (Å²) in [6, 6.07) is 2.12. The van der Waals surface area contributed by atoms with Gasteiger partial charge in [0.25, 0.3) is 0 Å². The minimum atomic E-state index is -0.857. The van der Waals surface area contributed by atoms with E-state index in [1.54, 1.807) is 4.90 Å². The molecule has 1 aliphatic heterocycles. The number of anilines is 1. The maximum absolute atomic E-state index is 11.9. The quantitative estimate of drug-likeness (QED) is 0.678. The van der Waals surface area contributed by atoms with Crippen LogP contribution in [0.5, 0.6) is 0 Å². The van der Waals surface area contributed by atoms with Crippen molar-refractivity contribution in [2.75, 3.05) is 18.0 Å². The molecule has 0 spiro atoms. The zero-order valence-electron chi connectivity index (χ0n) is 18.2. The predicted octanol–water partition coefficient (Wildman–Crippen LogP) is 5.03. The van der Waals surface area contributed by atoms with E-state index in [-0.39, 0.29) is 6.04 Å². The van der Waals surface area contributed by atoms with Crippen LogP contribution >= 0.6 is 11.6 Å². The maximum Gasteiger partial charge on any atom is 0.408 e. The lowest BCUT2D eigenvalue weighted by atomic mass is 9.51. The van der Waals surface area contributed by atoms with Crippen molar-refractivity contribution in [2.45, 2.75) is 76.8 Å². The Morgan fingerprint density at radius 3 is 2.33 bits per heavy atom. The molecule has 1 amide bonds. The van der Waals surface area contributed by atoms with E-state index in [1.165, 1.54) is 32.1 Å². The summed E-state index contributed by atoms with van der Waals surface area (Å²) >= 11 is 6.41. The van der Waals surface area contributed by atoms with E-state index in [0.29, 0.717) is 17.7 Å². The van der Waals surface area contributed by atoms with E-state index in [1.807, 2.05) is 20.8 Å². The fourth-order valence-electron chi connectivity index (χ4n) is 7.32. The monoisotopic (exact) mass is 432 g/mol. The number of nitrogens with zero attached hydrogens (tertiary/aromatic N) is 4. The van der Waals surface area contributed by atoms with Crippen molar-refractivity contribution in [3.05, 3.63) is 17.0 Å². The van der Waals surface area contributed by atoms with Crippen LogP contribution in [0.1, 0.15) is 70.9 Å². The van der Waals surface area contributed by atoms with Crippen molar-refractivity contribution in [1.29, 1.82) is 0 Å². The van der Waals surface area contributed by atoms with E-state index in [2.05, 4.69) is 16.0 Å². The average Bonchev–Trinajstić information content (AvgIpc) is 3.08. The molecule has 5 fully saturated rings. The Kier molecular flexibility index (Phi) is 4.92. The Morgan fingerprint density at radius 1 is 1.13 bits per heavy atom. The molecule has 2 heterocycles. The molecule has 1 saturated heterocycles. The number of hydrogen-bond acceptors (Lipinski definition) is 4. The van der Waals surface area contributed by atoms with Crippen LogP contribution < -0.4 is 4.90 Å². The molecular weight excluding hydrogens is 400 g/mol. The lowest BCUT2D eigenvalue weighted by molar-refractivity contribution is -0.00417. The summed E-state index contributed by atoms with van der Waals surface area (Å²) in [5.74, 6) is 4.73. The molecule has 4 saturated carbocycles. The molecule has 6 rings (SSSR count). The van der Waals surface area contributed by atoms with Gasteiger partial charge in [0.2, 0.25) is 5.28 Å². The summed E-state index contributed by atoms with van der Waals surface area (Å²) in [5.41, 5.74) is 0.689. The molecule has 30 heavy (non-hydrogen) atoms. The zero-order valence-corrected chi connectivity index (χ0v) is 19.0. The van der Waals surface area contributed by atoms with Crippen molar-refractivity contribution in [3.8, 4) is 0 Å². The molecule has 0 aromatic carbocycles. The first-order valence-corrected chi connectivity index (χ1v) is 11.9. The number of carboxylic acid groups (broad SMARTS) is 1. The molecule has 7 heteroatoms. The summed E-state index contributed by atoms with van der Waals surface area (Å²) in [5, 5.41) is 10.1. The van der Waals surface area contributed by atoms with Crippen LogP contribution in [-0.2, 0) is 0 Å². The van der Waals surface area contributed by atoms with Crippen LogP contribution in [0.25, 0.3) is 0 Å². The van der Waals surface area contributed by atoms with Crippen LogP contribution in [0, 0.1) is 23.7 Å². The predicted molar refractivity (Wildman–Crippen MR) is 117 cm³/mol. The van der Waals surface area contributed by atoms with E-state index < -0.39 is 11.6 Å². The number of amides is 1. The molecule has 4 aliphatic carbocycles. The molecule has 1 aromatic rings. The van der Waals surface area contributed by atoms with Gasteiger partial charge in [0.05, 0.1) is 11.7 Å². The van der Waals surface area contributed by atoms with Crippen LogP contribution in [0.15, 0.2) is 6.07 Å². The second-order valence-corrected chi connectivity index (χ2v) is 11.4. The lowest BCUT2D eigenvalue weighted by Crippen LogP contribution is -2.52. The topological polar surface area (TPSA) is 69.6 Å². The summed E-state index contributed by atoms with van der Waals surface area (Å²) in [7, 11) is 0. The molecule has 164 valence electrons. The Bertz CT molecular complexity index is 811. The third-order valence-electron chi connectivity index (χ3n) is 8.05.